The van der Waals surface area contributed by atoms with E-state index in [0.717, 1.165) is 18.5 Å². The summed E-state index contributed by atoms with van der Waals surface area (Å²) in [5, 5.41) is 2.81. The number of amides is 1. The highest BCUT2D eigenvalue weighted by molar-refractivity contribution is 5.92. The van der Waals surface area contributed by atoms with Gasteiger partial charge in [-0.3, -0.25) is 4.79 Å². The molecule has 0 radical (unpaired) electrons. The van der Waals surface area contributed by atoms with Gasteiger partial charge in [0.15, 0.2) is 6.10 Å². The van der Waals surface area contributed by atoms with E-state index in [1.54, 1.807) is 19.1 Å². The van der Waals surface area contributed by atoms with Gasteiger partial charge in [0.25, 0.3) is 5.91 Å². The molecule has 1 aromatic carbocycles. The van der Waals surface area contributed by atoms with Gasteiger partial charge in [0.05, 0.1) is 5.56 Å². The van der Waals surface area contributed by atoms with Crippen LogP contribution in [0.2, 0.25) is 0 Å². The summed E-state index contributed by atoms with van der Waals surface area (Å²) in [7, 11) is 3.86. The van der Waals surface area contributed by atoms with Crippen LogP contribution in [0.5, 0.6) is 0 Å². The third-order valence-corrected chi connectivity index (χ3v) is 3.20. The SMILES string of the molecule is C[C@H](OC(=O)c1ccc(N(C)C)cc1)C(=O)NC1CC1. The van der Waals surface area contributed by atoms with Crippen LogP contribution in [-0.4, -0.2) is 38.1 Å². The van der Waals surface area contributed by atoms with Crippen molar-refractivity contribution in [2.45, 2.75) is 31.9 Å². The summed E-state index contributed by atoms with van der Waals surface area (Å²) in [6.45, 7) is 1.59. The minimum absolute atomic E-state index is 0.231. The maximum Gasteiger partial charge on any atom is 0.338 e. The summed E-state index contributed by atoms with van der Waals surface area (Å²) in [5.74, 6) is -0.709. The molecule has 0 spiro atoms. The summed E-state index contributed by atoms with van der Waals surface area (Å²) >= 11 is 0. The number of hydrogen-bond acceptors (Lipinski definition) is 4. The molecule has 0 heterocycles. The van der Waals surface area contributed by atoms with Crippen LogP contribution in [-0.2, 0) is 9.53 Å². The fraction of sp³-hybridized carbons (Fsp3) is 0.467. The monoisotopic (exact) mass is 276 g/mol. The molecule has 1 saturated carbocycles. The van der Waals surface area contributed by atoms with Gasteiger partial charge in [-0.1, -0.05) is 0 Å². The van der Waals surface area contributed by atoms with E-state index >= 15 is 0 Å². The Morgan fingerprint density at radius 3 is 2.35 bits per heavy atom. The lowest BCUT2D eigenvalue weighted by atomic mass is 10.2. The van der Waals surface area contributed by atoms with Gasteiger partial charge in [0, 0.05) is 25.8 Å². The van der Waals surface area contributed by atoms with Crippen molar-refractivity contribution in [2.75, 3.05) is 19.0 Å². The molecule has 1 amide bonds. The molecule has 1 aliphatic carbocycles. The third kappa shape index (κ3) is 3.73. The number of carbonyl (C=O) groups is 2. The Labute approximate surface area is 118 Å². The van der Waals surface area contributed by atoms with Crippen molar-refractivity contribution >= 4 is 17.6 Å². The van der Waals surface area contributed by atoms with Crippen LogP contribution in [0.15, 0.2) is 24.3 Å². The molecule has 1 N–H and O–H groups in total. The lowest BCUT2D eigenvalue weighted by molar-refractivity contribution is -0.129. The van der Waals surface area contributed by atoms with Crippen LogP contribution in [0.4, 0.5) is 5.69 Å². The molecule has 1 aliphatic rings. The topological polar surface area (TPSA) is 58.6 Å². The van der Waals surface area contributed by atoms with E-state index < -0.39 is 12.1 Å². The van der Waals surface area contributed by atoms with Gasteiger partial charge in [-0.15, -0.1) is 0 Å². The molecule has 0 aromatic heterocycles. The Bertz CT molecular complexity index is 492. The molecule has 0 aliphatic heterocycles. The van der Waals surface area contributed by atoms with Crippen LogP contribution >= 0.6 is 0 Å². The lowest BCUT2D eigenvalue weighted by Crippen LogP contribution is -2.37. The number of nitrogens with zero attached hydrogens (tertiary/aromatic N) is 1. The minimum atomic E-state index is -0.767. The van der Waals surface area contributed by atoms with Crippen LogP contribution in [0.1, 0.15) is 30.1 Å². The van der Waals surface area contributed by atoms with Gasteiger partial charge in [-0.25, -0.2) is 4.79 Å². The third-order valence-electron chi connectivity index (χ3n) is 3.20. The summed E-state index contributed by atoms with van der Waals surface area (Å²) in [4.78, 5) is 25.6. The Hall–Kier alpha value is -2.04. The van der Waals surface area contributed by atoms with E-state index in [9.17, 15) is 9.59 Å². The fourth-order valence-electron chi connectivity index (χ4n) is 1.72. The van der Waals surface area contributed by atoms with Crippen molar-refractivity contribution in [1.82, 2.24) is 5.32 Å². The Morgan fingerprint density at radius 2 is 1.85 bits per heavy atom. The molecule has 2 rings (SSSR count). The molecular weight excluding hydrogens is 256 g/mol. The van der Waals surface area contributed by atoms with Crippen LogP contribution in [0.25, 0.3) is 0 Å². The zero-order valence-electron chi connectivity index (χ0n) is 12.1. The second kappa shape index (κ2) is 5.94. The van der Waals surface area contributed by atoms with Crippen molar-refractivity contribution in [2.24, 2.45) is 0 Å². The van der Waals surface area contributed by atoms with E-state index in [0.29, 0.717) is 5.56 Å². The van der Waals surface area contributed by atoms with E-state index in [2.05, 4.69) is 5.32 Å². The second-order valence-corrected chi connectivity index (χ2v) is 5.27. The summed E-state index contributed by atoms with van der Waals surface area (Å²) in [6.07, 6.45) is 1.26. The van der Waals surface area contributed by atoms with Gasteiger partial charge in [-0.05, 0) is 44.0 Å². The molecule has 1 aromatic rings. The molecule has 20 heavy (non-hydrogen) atoms. The molecular formula is C15H20N2O3. The summed E-state index contributed by atoms with van der Waals surface area (Å²) < 4.78 is 5.16. The largest absolute Gasteiger partial charge is 0.449 e. The molecule has 0 bridgehead atoms. The van der Waals surface area contributed by atoms with Gasteiger partial charge in [0.1, 0.15) is 0 Å². The highest BCUT2D eigenvalue weighted by Gasteiger charge is 2.27. The Kier molecular flexibility index (Phi) is 4.27. The Morgan fingerprint density at radius 1 is 1.25 bits per heavy atom. The van der Waals surface area contributed by atoms with Crippen molar-refractivity contribution in [3.8, 4) is 0 Å². The van der Waals surface area contributed by atoms with Crippen molar-refractivity contribution < 1.29 is 14.3 Å². The first-order valence-corrected chi connectivity index (χ1v) is 6.76. The number of rotatable bonds is 5. The first kappa shape index (κ1) is 14.4. The highest BCUT2D eigenvalue weighted by atomic mass is 16.5. The zero-order chi connectivity index (χ0) is 14.7. The first-order valence-electron chi connectivity index (χ1n) is 6.76. The number of hydrogen-bond donors (Lipinski definition) is 1. The van der Waals surface area contributed by atoms with E-state index in [4.69, 9.17) is 4.74 Å². The van der Waals surface area contributed by atoms with Crippen molar-refractivity contribution in [1.29, 1.82) is 0 Å². The average Bonchev–Trinajstić information content (AvgIpc) is 3.22. The maximum absolute atomic E-state index is 11.9. The number of anilines is 1. The molecule has 108 valence electrons. The van der Waals surface area contributed by atoms with Gasteiger partial charge in [0.2, 0.25) is 0 Å². The number of carbonyl (C=O) groups excluding carboxylic acids is 2. The molecule has 5 nitrogen and oxygen atoms in total. The first-order chi connectivity index (χ1) is 9.47. The molecule has 1 atom stereocenters. The summed E-state index contributed by atoms with van der Waals surface area (Å²) in [6, 6.07) is 7.34. The Balaban J connectivity index is 1.91. The second-order valence-electron chi connectivity index (χ2n) is 5.27. The standard InChI is InChI=1S/C15H20N2O3/c1-10(14(18)16-12-6-7-12)20-15(19)11-4-8-13(9-5-11)17(2)3/h4-5,8-10,12H,6-7H2,1-3H3,(H,16,18)/t10-/m0/s1. The van der Waals surface area contributed by atoms with Crippen LogP contribution in [0, 0.1) is 0 Å². The normalized spacial score (nSPS) is 15.3. The average molecular weight is 276 g/mol. The van der Waals surface area contributed by atoms with Crippen LogP contribution in [0.3, 0.4) is 0 Å². The van der Waals surface area contributed by atoms with Gasteiger partial charge < -0.3 is 15.0 Å². The molecule has 5 heteroatoms. The van der Waals surface area contributed by atoms with E-state index in [1.165, 1.54) is 0 Å². The zero-order valence-corrected chi connectivity index (χ0v) is 12.1. The van der Waals surface area contributed by atoms with E-state index in [1.807, 2.05) is 31.1 Å². The molecule has 1 fully saturated rings. The molecule has 0 saturated heterocycles. The fourth-order valence-corrected chi connectivity index (χ4v) is 1.72. The van der Waals surface area contributed by atoms with Crippen LogP contribution < -0.4 is 10.2 Å². The summed E-state index contributed by atoms with van der Waals surface area (Å²) in [5.41, 5.74) is 1.45. The quantitative estimate of drug-likeness (QED) is 0.829. The number of nitrogens with one attached hydrogen (secondary N) is 1. The number of ether oxygens (including phenoxy) is 1. The number of benzene rings is 1. The van der Waals surface area contributed by atoms with E-state index in [-0.39, 0.29) is 11.9 Å². The minimum Gasteiger partial charge on any atom is -0.449 e. The maximum atomic E-state index is 11.9. The highest BCUT2D eigenvalue weighted by Crippen LogP contribution is 2.19. The predicted octanol–water partition coefficient (Wildman–Crippen LogP) is 1.58. The number of esters is 1. The van der Waals surface area contributed by atoms with Gasteiger partial charge in [-0.2, -0.15) is 0 Å². The van der Waals surface area contributed by atoms with Crippen molar-refractivity contribution in [3.63, 3.8) is 0 Å². The van der Waals surface area contributed by atoms with Crippen molar-refractivity contribution in [3.05, 3.63) is 29.8 Å². The predicted molar refractivity (Wildman–Crippen MR) is 76.8 cm³/mol. The van der Waals surface area contributed by atoms with Gasteiger partial charge >= 0.3 is 5.97 Å². The molecule has 0 unspecified atom stereocenters. The lowest BCUT2D eigenvalue weighted by Gasteiger charge is -2.14. The smallest absolute Gasteiger partial charge is 0.338 e.